The van der Waals surface area contributed by atoms with Gasteiger partial charge in [-0.25, -0.2) is 0 Å². The molecule has 0 bridgehead atoms. The second-order valence-corrected chi connectivity index (χ2v) is 3.28. The topological polar surface area (TPSA) is 52.0 Å². The summed E-state index contributed by atoms with van der Waals surface area (Å²) in [6.07, 6.45) is 7.70. The molecule has 2 unspecified atom stereocenters. The largest absolute Gasteiger partial charge is 0.320 e. The minimum atomic E-state index is -0.415. The van der Waals surface area contributed by atoms with E-state index in [0.717, 1.165) is 0 Å². The summed E-state index contributed by atoms with van der Waals surface area (Å²) < 4.78 is 0. The fourth-order valence-corrected chi connectivity index (χ4v) is 0.870. The molecule has 2 nitrogen and oxygen atoms in total. The van der Waals surface area contributed by atoms with Gasteiger partial charge in [-0.2, -0.15) is 0 Å². The number of rotatable bonds is 0. The Labute approximate surface area is 61.6 Å². The van der Waals surface area contributed by atoms with Crippen LogP contribution in [0.5, 0.6) is 0 Å². The Balaban J connectivity index is 2.96. The highest BCUT2D eigenvalue weighted by atomic mass is 14.9. The molecule has 0 saturated carbocycles. The van der Waals surface area contributed by atoms with Crippen LogP contribution in [0.4, 0.5) is 0 Å². The second kappa shape index (κ2) is 1.94. The molecule has 0 aromatic rings. The first-order valence-electron chi connectivity index (χ1n) is 3.40. The maximum Gasteiger partial charge on any atom is 0.0530 e. The van der Waals surface area contributed by atoms with Crippen molar-refractivity contribution in [1.29, 1.82) is 0 Å². The van der Waals surface area contributed by atoms with Gasteiger partial charge in [-0.1, -0.05) is 24.3 Å². The molecule has 0 aromatic carbocycles. The van der Waals surface area contributed by atoms with Crippen molar-refractivity contribution in [3.05, 3.63) is 24.3 Å². The average molecular weight is 138 g/mol. The van der Waals surface area contributed by atoms with Crippen LogP contribution in [0.1, 0.15) is 13.8 Å². The first kappa shape index (κ1) is 7.51. The molecule has 0 aromatic heterocycles. The summed E-state index contributed by atoms with van der Waals surface area (Å²) in [7, 11) is 0. The summed E-state index contributed by atoms with van der Waals surface area (Å²) in [4.78, 5) is 0. The van der Waals surface area contributed by atoms with E-state index in [2.05, 4.69) is 0 Å². The lowest BCUT2D eigenvalue weighted by molar-refractivity contribution is 0.384. The van der Waals surface area contributed by atoms with Crippen LogP contribution in [0.25, 0.3) is 0 Å². The Morgan fingerprint density at radius 1 is 0.900 bits per heavy atom. The lowest BCUT2D eigenvalue weighted by Gasteiger charge is -2.38. The molecule has 2 atom stereocenters. The zero-order chi connectivity index (χ0) is 7.83. The van der Waals surface area contributed by atoms with Gasteiger partial charge in [-0.3, -0.25) is 0 Å². The molecule has 0 amide bonds. The van der Waals surface area contributed by atoms with Crippen molar-refractivity contribution in [2.75, 3.05) is 0 Å². The Hall–Kier alpha value is -0.600. The number of hydrogen-bond donors (Lipinski definition) is 2. The Morgan fingerprint density at radius 2 is 1.20 bits per heavy atom. The van der Waals surface area contributed by atoms with Crippen molar-refractivity contribution >= 4 is 0 Å². The van der Waals surface area contributed by atoms with Crippen molar-refractivity contribution in [3.63, 3.8) is 0 Å². The summed E-state index contributed by atoms with van der Waals surface area (Å²) in [5.41, 5.74) is 11.0. The molecular weight excluding hydrogens is 124 g/mol. The van der Waals surface area contributed by atoms with Crippen LogP contribution in [0.15, 0.2) is 24.3 Å². The van der Waals surface area contributed by atoms with Gasteiger partial charge in [0.15, 0.2) is 0 Å². The molecule has 1 aliphatic rings. The number of nitrogens with two attached hydrogens (primary N) is 2. The van der Waals surface area contributed by atoms with E-state index in [1.54, 1.807) is 0 Å². The third-order valence-corrected chi connectivity index (χ3v) is 2.16. The first-order chi connectivity index (χ1) is 4.46. The van der Waals surface area contributed by atoms with Crippen molar-refractivity contribution in [2.24, 2.45) is 11.5 Å². The molecule has 0 heterocycles. The van der Waals surface area contributed by atoms with Gasteiger partial charge in [0.2, 0.25) is 0 Å². The molecule has 2 heteroatoms. The predicted octanol–water partition coefficient (Wildman–Crippen LogP) is 0.547. The highest BCUT2D eigenvalue weighted by Gasteiger charge is 2.34. The molecule has 1 rings (SSSR count). The summed E-state index contributed by atoms with van der Waals surface area (Å²) >= 11 is 0. The van der Waals surface area contributed by atoms with Gasteiger partial charge >= 0.3 is 0 Å². The Bertz CT molecular complexity index is 165. The lowest BCUT2D eigenvalue weighted by Crippen LogP contribution is -2.60. The molecule has 0 radical (unpaired) electrons. The standard InChI is InChI=1S/C8H14N2/c1-7(9)5-3-4-6-8(7,2)10/h3-6H,9-10H2,1-2H3. The van der Waals surface area contributed by atoms with Crippen LogP contribution in [0.2, 0.25) is 0 Å². The van der Waals surface area contributed by atoms with Crippen LogP contribution < -0.4 is 11.5 Å². The normalized spacial score (nSPS) is 46.0. The SMILES string of the molecule is CC1(N)C=CC=CC1(C)N. The van der Waals surface area contributed by atoms with Gasteiger partial charge in [0.1, 0.15) is 0 Å². The first-order valence-corrected chi connectivity index (χ1v) is 3.40. The van der Waals surface area contributed by atoms with Gasteiger partial charge in [-0.05, 0) is 13.8 Å². The molecule has 0 saturated heterocycles. The Morgan fingerprint density at radius 3 is 1.40 bits per heavy atom. The summed E-state index contributed by atoms with van der Waals surface area (Å²) in [5, 5.41) is 0. The molecule has 0 aliphatic heterocycles. The maximum absolute atomic E-state index is 5.89. The van der Waals surface area contributed by atoms with Crippen molar-refractivity contribution in [1.82, 2.24) is 0 Å². The van der Waals surface area contributed by atoms with E-state index in [-0.39, 0.29) is 0 Å². The third kappa shape index (κ3) is 1.00. The van der Waals surface area contributed by atoms with Crippen molar-refractivity contribution in [2.45, 2.75) is 24.9 Å². The zero-order valence-electron chi connectivity index (χ0n) is 6.46. The third-order valence-electron chi connectivity index (χ3n) is 2.16. The molecule has 0 fully saturated rings. The lowest BCUT2D eigenvalue weighted by atomic mass is 9.78. The smallest absolute Gasteiger partial charge is 0.0530 e. The van der Waals surface area contributed by atoms with Crippen LogP contribution >= 0.6 is 0 Å². The van der Waals surface area contributed by atoms with Crippen LogP contribution in [-0.4, -0.2) is 11.1 Å². The highest BCUT2D eigenvalue weighted by molar-refractivity contribution is 5.30. The predicted molar refractivity (Wildman–Crippen MR) is 43.5 cm³/mol. The summed E-state index contributed by atoms with van der Waals surface area (Å²) in [6.45, 7) is 3.85. The fraction of sp³-hybridized carbons (Fsp3) is 0.500. The van der Waals surface area contributed by atoms with Crippen molar-refractivity contribution in [3.8, 4) is 0 Å². The van der Waals surface area contributed by atoms with Crippen molar-refractivity contribution < 1.29 is 0 Å². The van der Waals surface area contributed by atoms with E-state index >= 15 is 0 Å². The molecular formula is C8H14N2. The van der Waals surface area contributed by atoms with Crippen LogP contribution in [0.3, 0.4) is 0 Å². The van der Waals surface area contributed by atoms with E-state index in [9.17, 15) is 0 Å². The molecule has 4 N–H and O–H groups in total. The molecule has 10 heavy (non-hydrogen) atoms. The fourth-order valence-electron chi connectivity index (χ4n) is 0.870. The molecule has 0 spiro atoms. The van der Waals surface area contributed by atoms with E-state index in [4.69, 9.17) is 11.5 Å². The summed E-state index contributed by atoms with van der Waals surface area (Å²) in [5.74, 6) is 0. The highest BCUT2D eigenvalue weighted by Crippen LogP contribution is 2.22. The monoisotopic (exact) mass is 138 g/mol. The van der Waals surface area contributed by atoms with Crippen LogP contribution in [-0.2, 0) is 0 Å². The molecule has 1 aliphatic carbocycles. The van der Waals surface area contributed by atoms with E-state index in [1.807, 2.05) is 38.2 Å². The minimum Gasteiger partial charge on any atom is -0.320 e. The van der Waals surface area contributed by atoms with E-state index in [0.29, 0.717) is 0 Å². The number of hydrogen-bond acceptors (Lipinski definition) is 2. The second-order valence-electron chi connectivity index (χ2n) is 3.28. The van der Waals surface area contributed by atoms with E-state index < -0.39 is 11.1 Å². The van der Waals surface area contributed by atoms with Gasteiger partial charge < -0.3 is 11.5 Å². The molecule has 56 valence electrons. The maximum atomic E-state index is 5.89. The van der Waals surface area contributed by atoms with Gasteiger partial charge in [0, 0.05) is 0 Å². The van der Waals surface area contributed by atoms with E-state index in [1.165, 1.54) is 0 Å². The Kier molecular flexibility index (Phi) is 1.46. The van der Waals surface area contributed by atoms with Gasteiger partial charge in [0.05, 0.1) is 11.1 Å². The summed E-state index contributed by atoms with van der Waals surface area (Å²) in [6, 6.07) is 0. The zero-order valence-corrected chi connectivity index (χ0v) is 6.46. The van der Waals surface area contributed by atoms with Gasteiger partial charge in [0.25, 0.3) is 0 Å². The average Bonchev–Trinajstić information content (AvgIpc) is 1.77. The quantitative estimate of drug-likeness (QED) is 0.513. The number of allylic oxidation sites excluding steroid dienone is 2. The van der Waals surface area contributed by atoms with Crippen LogP contribution in [0, 0.1) is 0 Å². The minimum absolute atomic E-state index is 0.415. The van der Waals surface area contributed by atoms with Gasteiger partial charge in [-0.15, -0.1) is 0 Å².